The van der Waals surface area contributed by atoms with Crippen molar-refractivity contribution in [3.63, 3.8) is 0 Å². The first kappa shape index (κ1) is 12.1. The monoisotopic (exact) mass is 244 g/mol. The van der Waals surface area contributed by atoms with Crippen LogP contribution in [-0.4, -0.2) is 29.8 Å². The Morgan fingerprint density at radius 3 is 1.60 bits per heavy atom. The lowest BCUT2D eigenvalue weighted by Gasteiger charge is -2.22. The first-order valence-corrected chi connectivity index (χ1v) is 3.12. The van der Waals surface area contributed by atoms with E-state index in [1.165, 1.54) is 0 Å². The second-order valence-corrected chi connectivity index (χ2v) is 2.64. The molecule has 0 aromatic carbocycles. The Morgan fingerprint density at radius 1 is 1.07 bits per heavy atom. The van der Waals surface area contributed by atoms with Gasteiger partial charge >= 0.3 is 29.8 Å². The number of ether oxygens (including phenoxy) is 1. The summed E-state index contributed by atoms with van der Waals surface area (Å²) in [6.07, 6.45) is -5.19. The summed E-state index contributed by atoms with van der Waals surface area (Å²) in [5, 5.41) is 0. The van der Waals surface area contributed by atoms with E-state index in [-0.39, 0.29) is 0 Å². The Bertz CT molecular complexity index is 312. The zero-order valence-electron chi connectivity index (χ0n) is 6.34. The topological polar surface area (TPSA) is 29.6 Å². The number of rotatable bonds is 3. The van der Waals surface area contributed by atoms with Crippen LogP contribution in [0.1, 0.15) is 0 Å². The number of hydrogen-bond donors (Lipinski definition) is 0. The Labute approximate surface area is 75.8 Å². The fourth-order valence-electron chi connectivity index (χ4n) is 0.723. The highest BCUT2D eigenvalue weighted by atomic mass is 19.3. The van der Waals surface area contributed by atoms with Crippen LogP contribution in [0.3, 0.4) is 0 Å². The van der Waals surface area contributed by atoms with Gasteiger partial charge in [-0.1, -0.05) is 0 Å². The molecule has 1 aliphatic heterocycles. The van der Waals surface area contributed by atoms with Gasteiger partial charge in [0.05, 0.1) is 0 Å². The SMILES string of the molecule is O=C(F)C(F)(F)C(F)(F)C1(F)OC1(F)F. The predicted octanol–water partition coefficient (Wildman–Crippen LogP) is 2.04. The summed E-state index contributed by atoms with van der Waals surface area (Å²) in [6.45, 7) is 0. The molecule has 0 aromatic rings. The first-order chi connectivity index (χ1) is 6.40. The maximum Gasteiger partial charge on any atom is 0.424 e. The second kappa shape index (κ2) is 2.60. The van der Waals surface area contributed by atoms with Gasteiger partial charge in [-0.05, 0) is 0 Å². The number of carbonyl (C=O) groups is 1. The highest BCUT2D eigenvalue weighted by Crippen LogP contribution is 2.63. The second-order valence-electron chi connectivity index (χ2n) is 2.64. The van der Waals surface area contributed by atoms with Crippen LogP contribution < -0.4 is 0 Å². The Kier molecular flexibility index (Phi) is 2.10. The lowest BCUT2D eigenvalue weighted by molar-refractivity contribution is -0.266. The number of halogens is 8. The van der Waals surface area contributed by atoms with E-state index in [0.717, 1.165) is 0 Å². The largest absolute Gasteiger partial charge is 0.424 e. The van der Waals surface area contributed by atoms with Crippen LogP contribution in [0, 0.1) is 0 Å². The minimum Gasteiger partial charge on any atom is -0.265 e. The standard InChI is InChI=1S/C5F8O2/c6-1(14)2(7,8)3(9,10)4(11)5(12,13)15-4. The summed E-state index contributed by atoms with van der Waals surface area (Å²) in [5.41, 5.74) is 0. The van der Waals surface area contributed by atoms with Crippen molar-refractivity contribution >= 4 is 6.04 Å². The van der Waals surface area contributed by atoms with E-state index in [2.05, 4.69) is 4.74 Å². The molecule has 1 saturated heterocycles. The van der Waals surface area contributed by atoms with Crippen molar-refractivity contribution in [1.82, 2.24) is 0 Å². The van der Waals surface area contributed by atoms with Gasteiger partial charge in [-0.15, -0.1) is 0 Å². The Morgan fingerprint density at radius 2 is 1.40 bits per heavy atom. The van der Waals surface area contributed by atoms with E-state index >= 15 is 0 Å². The van der Waals surface area contributed by atoms with E-state index in [4.69, 9.17) is 0 Å². The lowest BCUT2D eigenvalue weighted by Crippen LogP contribution is -2.55. The maximum atomic E-state index is 12.4. The average molecular weight is 244 g/mol. The summed E-state index contributed by atoms with van der Waals surface area (Å²) in [6, 6.07) is -3.93. The van der Waals surface area contributed by atoms with Crippen LogP contribution >= 0.6 is 0 Å². The van der Waals surface area contributed by atoms with Gasteiger partial charge in [0.1, 0.15) is 0 Å². The predicted molar refractivity (Wildman–Crippen MR) is 25.9 cm³/mol. The fraction of sp³-hybridized carbons (Fsp3) is 0.800. The molecule has 0 aromatic heterocycles. The molecule has 15 heavy (non-hydrogen) atoms. The molecule has 0 N–H and O–H groups in total. The zero-order chi connectivity index (χ0) is 12.3. The quantitative estimate of drug-likeness (QED) is 0.432. The maximum absolute atomic E-state index is 12.4. The molecular weight excluding hydrogens is 244 g/mol. The molecule has 2 nitrogen and oxygen atoms in total. The van der Waals surface area contributed by atoms with Crippen molar-refractivity contribution in [2.75, 3.05) is 0 Å². The third kappa shape index (κ3) is 1.23. The van der Waals surface area contributed by atoms with Gasteiger partial charge in [-0.2, -0.15) is 35.1 Å². The van der Waals surface area contributed by atoms with Gasteiger partial charge in [-0.3, -0.25) is 9.53 Å². The van der Waals surface area contributed by atoms with E-state index in [0.29, 0.717) is 0 Å². The summed E-state index contributed by atoms with van der Waals surface area (Å²) in [4.78, 5) is 9.43. The van der Waals surface area contributed by atoms with Crippen molar-refractivity contribution in [3.05, 3.63) is 0 Å². The molecule has 0 saturated carbocycles. The molecule has 10 heteroatoms. The molecule has 1 atom stereocenters. The van der Waals surface area contributed by atoms with Gasteiger partial charge < -0.3 is 0 Å². The van der Waals surface area contributed by atoms with Gasteiger partial charge in [0.15, 0.2) is 0 Å². The Hall–Kier alpha value is -0.930. The van der Waals surface area contributed by atoms with E-state index in [1.54, 1.807) is 0 Å². The van der Waals surface area contributed by atoms with Crippen molar-refractivity contribution in [2.24, 2.45) is 0 Å². The van der Waals surface area contributed by atoms with Gasteiger partial charge in [-0.25, -0.2) is 0 Å². The average Bonchev–Trinajstić information content (AvgIpc) is 2.52. The summed E-state index contributed by atoms with van der Waals surface area (Å²) >= 11 is 0. The molecule has 88 valence electrons. The van der Waals surface area contributed by atoms with Gasteiger partial charge in [0.25, 0.3) is 0 Å². The van der Waals surface area contributed by atoms with Crippen molar-refractivity contribution < 1.29 is 44.7 Å². The molecule has 0 aliphatic carbocycles. The lowest BCUT2D eigenvalue weighted by atomic mass is 10.1. The number of hydrogen-bond acceptors (Lipinski definition) is 2. The number of epoxide rings is 1. The molecule has 0 radical (unpaired) electrons. The number of carbonyl (C=O) groups excluding carboxylic acids is 1. The van der Waals surface area contributed by atoms with Crippen LogP contribution in [0.5, 0.6) is 0 Å². The van der Waals surface area contributed by atoms with Crippen LogP contribution in [0.2, 0.25) is 0 Å². The van der Waals surface area contributed by atoms with Crippen molar-refractivity contribution in [1.29, 1.82) is 0 Å². The third-order valence-corrected chi connectivity index (χ3v) is 1.65. The molecule has 1 rings (SSSR count). The molecule has 1 heterocycles. The minimum atomic E-state index is -6.30. The summed E-state index contributed by atoms with van der Waals surface area (Å²) < 4.78 is 98.7. The smallest absolute Gasteiger partial charge is 0.265 e. The van der Waals surface area contributed by atoms with Crippen molar-refractivity contribution in [2.45, 2.75) is 23.8 Å². The van der Waals surface area contributed by atoms with Crippen molar-refractivity contribution in [3.8, 4) is 0 Å². The summed E-state index contributed by atoms with van der Waals surface area (Å²) in [7, 11) is 0. The molecule has 0 bridgehead atoms. The number of alkyl halides is 7. The molecule has 1 aliphatic rings. The van der Waals surface area contributed by atoms with Crippen LogP contribution in [0.25, 0.3) is 0 Å². The van der Waals surface area contributed by atoms with Gasteiger partial charge in [0.2, 0.25) is 0 Å². The minimum absolute atomic E-state index is 2.44. The van der Waals surface area contributed by atoms with Gasteiger partial charge in [0, 0.05) is 0 Å². The highest BCUT2D eigenvalue weighted by molar-refractivity contribution is 5.78. The molecule has 1 fully saturated rings. The molecule has 0 amide bonds. The molecule has 0 spiro atoms. The Balaban J connectivity index is 3.10. The third-order valence-electron chi connectivity index (χ3n) is 1.65. The normalized spacial score (nSPS) is 30.1. The molecule has 1 unspecified atom stereocenters. The van der Waals surface area contributed by atoms with Crippen LogP contribution in [0.4, 0.5) is 35.1 Å². The zero-order valence-corrected chi connectivity index (χ0v) is 6.34. The van der Waals surface area contributed by atoms with E-state index < -0.39 is 29.8 Å². The van der Waals surface area contributed by atoms with Crippen LogP contribution in [-0.2, 0) is 9.53 Å². The van der Waals surface area contributed by atoms with E-state index in [9.17, 15) is 39.9 Å². The molecular formula is C5F8O2. The van der Waals surface area contributed by atoms with Crippen LogP contribution in [0.15, 0.2) is 0 Å². The van der Waals surface area contributed by atoms with E-state index in [1.807, 2.05) is 0 Å². The highest BCUT2D eigenvalue weighted by Gasteiger charge is 2.95. The first-order valence-electron chi connectivity index (χ1n) is 3.12. The summed E-state index contributed by atoms with van der Waals surface area (Å²) in [5.74, 6) is -17.9. The fourth-order valence-corrected chi connectivity index (χ4v) is 0.723.